The molecule has 0 aliphatic rings. The van der Waals surface area contributed by atoms with E-state index in [0.717, 1.165) is 4.47 Å². The third-order valence-electron chi connectivity index (χ3n) is 2.59. The largest absolute Gasteiger partial charge is 0.477 e. The number of nitrogens with zero attached hydrogens (tertiary/aromatic N) is 2. The molecular formula is C14H10BrN3O2. The van der Waals surface area contributed by atoms with Crippen LogP contribution < -0.4 is 5.32 Å². The molecule has 100 valence electrons. The van der Waals surface area contributed by atoms with Crippen LogP contribution in [-0.4, -0.2) is 16.1 Å². The molecule has 2 rings (SSSR count). The predicted molar refractivity (Wildman–Crippen MR) is 77.4 cm³/mol. The van der Waals surface area contributed by atoms with Crippen LogP contribution in [0, 0.1) is 11.3 Å². The fourth-order valence-corrected chi connectivity index (χ4v) is 2.01. The van der Waals surface area contributed by atoms with E-state index in [0.29, 0.717) is 23.5 Å². The Bertz CT molecular complexity index is 695. The van der Waals surface area contributed by atoms with E-state index in [4.69, 9.17) is 10.4 Å². The van der Waals surface area contributed by atoms with Gasteiger partial charge in [-0.15, -0.1) is 0 Å². The minimum absolute atomic E-state index is 0.000567. The van der Waals surface area contributed by atoms with Crippen LogP contribution in [0.2, 0.25) is 0 Å². The number of rotatable bonds is 4. The lowest BCUT2D eigenvalue weighted by atomic mass is 10.2. The van der Waals surface area contributed by atoms with Crippen LogP contribution in [0.15, 0.2) is 40.9 Å². The number of carboxylic acids is 1. The maximum Gasteiger partial charge on any atom is 0.354 e. The third kappa shape index (κ3) is 3.33. The summed E-state index contributed by atoms with van der Waals surface area (Å²) < 4.78 is 0.825. The molecule has 0 saturated carbocycles. The van der Waals surface area contributed by atoms with E-state index < -0.39 is 5.97 Å². The fraction of sp³-hybridized carbons (Fsp3) is 0.0714. The number of aromatic carboxylic acids is 1. The van der Waals surface area contributed by atoms with Crippen molar-refractivity contribution in [3.8, 4) is 6.07 Å². The molecular weight excluding hydrogens is 322 g/mol. The molecule has 6 heteroatoms. The van der Waals surface area contributed by atoms with Crippen molar-refractivity contribution in [2.75, 3.05) is 5.32 Å². The van der Waals surface area contributed by atoms with Crippen molar-refractivity contribution in [2.24, 2.45) is 0 Å². The summed E-state index contributed by atoms with van der Waals surface area (Å²) in [5.74, 6) is -1.06. The molecule has 1 aromatic carbocycles. The molecule has 0 aliphatic carbocycles. The second-order valence-corrected chi connectivity index (χ2v) is 4.89. The van der Waals surface area contributed by atoms with E-state index in [-0.39, 0.29) is 5.69 Å². The number of nitrogens with one attached hydrogen (secondary N) is 1. The number of pyridine rings is 1. The number of hydrogen-bond acceptors (Lipinski definition) is 4. The highest BCUT2D eigenvalue weighted by Crippen LogP contribution is 2.20. The minimum atomic E-state index is -1.06. The first kappa shape index (κ1) is 14.0. The molecule has 0 fully saturated rings. The standard InChI is InChI=1S/C14H10BrN3O2/c15-10-4-5-12(9(6-10)7-16)17-8-11-2-1-3-13(18-11)14(19)20/h1-6,17H,8H2,(H,19,20). The second kappa shape index (κ2) is 6.17. The van der Waals surface area contributed by atoms with Gasteiger partial charge in [-0.25, -0.2) is 9.78 Å². The van der Waals surface area contributed by atoms with Crippen LogP contribution in [0.25, 0.3) is 0 Å². The number of carboxylic acid groups (broad SMARTS) is 1. The van der Waals surface area contributed by atoms with Gasteiger partial charge in [0.2, 0.25) is 0 Å². The molecule has 0 saturated heterocycles. The third-order valence-corrected chi connectivity index (χ3v) is 3.08. The van der Waals surface area contributed by atoms with Crippen molar-refractivity contribution in [1.29, 1.82) is 5.26 Å². The average molecular weight is 332 g/mol. The average Bonchev–Trinajstić information content (AvgIpc) is 2.46. The van der Waals surface area contributed by atoms with E-state index >= 15 is 0 Å². The Morgan fingerprint density at radius 2 is 2.20 bits per heavy atom. The maximum atomic E-state index is 10.8. The lowest BCUT2D eigenvalue weighted by Gasteiger charge is -2.08. The molecule has 2 N–H and O–H groups in total. The molecule has 0 aliphatic heterocycles. The Labute approximate surface area is 124 Å². The van der Waals surface area contributed by atoms with Crippen molar-refractivity contribution in [3.05, 3.63) is 57.8 Å². The number of halogens is 1. The molecule has 5 nitrogen and oxygen atoms in total. The number of nitriles is 1. The summed E-state index contributed by atoms with van der Waals surface area (Å²) in [4.78, 5) is 14.8. The molecule has 0 atom stereocenters. The van der Waals surface area contributed by atoms with Gasteiger partial charge in [0, 0.05) is 4.47 Å². The fourth-order valence-electron chi connectivity index (χ4n) is 1.65. The molecule has 0 spiro atoms. The van der Waals surface area contributed by atoms with E-state index in [1.54, 1.807) is 24.3 Å². The van der Waals surface area contributed by atoms with Gasteiger partial charge in [0.1, 0.15) is 11.8 Å². The predicted octanol–water partition coefficient (Wildman–Crippen LogP) is 3.03. The first-order valence-corrected chi connectivity index (χ1v) is 6.52. The van der Waals surface area contributed by atoms with Gasteiger partial charge >= 0.3 is 5.97 Å². The van der Waals surface area contributed by atoms with Crippen LogP contribution in [0.5, 0.6) is 0 Å². The first-order valence-electron chi connectivity index (χ1n) is 5.73. The molecule has 0 bridgehead atoms. The molecule has 20 heavy (non-hydrogen) atoms. The van der Waals surface area contributed by atoms with Crippen LogP contribution in [-0.2, 0) is 6.54 Å². The Morgan fingerprint density at radius 3 is 2.90 bits per heavy atom. The summed E-state index contributed by atoms with van der Waals surface area (Å²) in [6.45, 7) is 0.345. The van der Waals surface area contributed by atoms with Crippen molar-refractivity contribution >= 4 is 27.6 Å². The van der Waals surface area contributed by atoms with Gasteiger partial charge in [-0.2, -0.15) is 5.26 Å². The number of aromatic nitrogens is 1. The number of benzene rings is 1. The van der Waals surface area contributed by atoms with Crippen molar-refractivity contribution in [3.63, 3.8) is 0 Å². The van der Waals surface area contributed by atoms with Crippen LogP contribution in [0.3, 0.4) is 0 Å². The van der Waals surface area contributed by atoms with Gasteiger partial charge in [-0.05, 0) is 30.3 Å². The molecule has 1 heterocycles. The lowest BCUT2D eigenvalue weighted by Crippen LogP contribution is -2.07. The second-order valence-electron chi connectivity index (χ2n) is 3.97. The highest BCUT2D eigenvalue weighted by atomic mass is 79.9. The van der Waals surface area contributed by atoms with Crippen LogP contribution in [0.1, 0.15) is 21.7 Å². The molecule has 1 aromatic heterocycles. The quantitative estimate of drug-likeness (QED) is 0.899. The zero-order valence-corrected chi connectivity index (χ0v) is 11.9. The monoisotopic (exact) mass is 331 g/mol. The minimum Gasteiger partial charge on any atom is -0.477 e. The van der Waals surface area contributed by atoms with E-state index in [2.05, 4.69) is 32.3 Å². The first-order chi connectivity index (χ1) is 9.60. The molecule has 0 radical (unpaired) electrons. The van der Waals surface area contributed by atoms with Gasteiger partial charge in [-0.3, -0.25) is 0 Å². The van der Waals surface area contributed by atoms with E-state index in [1.165, 1.54) is 6.07 Å². The van der Waals surface area contributed by atoms with Crippen LogP contribution in [0.4, 0.5) is 5.69 Å². The highest BCUT2D eigenvalue weighted by Gasteiger charge is 2.06. The van der Waals surface area contributed by atoms with Gasteiger partial charge in [0.05, 0.1) is 23.5 Å². The van der Waals surface area contributed by atoms with Crippen molar-refractivity contribution < 1.29 is 9.90 Å². The topological polar surface area (TPSA) is 86.0 Å². The van der Waals surface area contributed by atoms with E-state index in [1.807, 2.05) is 6.07 Å². The van der Waals surface area contributed by atoms with Crippen molar-refractivity contribution in [1.82, 2.24) is 4.98 Å². The van der Waals surface area contributed by atoms with Gasteiger partial charge in [0.15, 0.2) is 0 Å². The Kier molecular flexibility index (Phi) is 4.33. The normalized spacial score (nSPS) is 9.80. The van der Waals surface area contributed by atoms with Gasteiger partial charge < -0.3 is 10.4 Å². The summed E-state index contributed by atoms with van der Waals surface area (Å²) >= 11 is 3.30. The SMILES string of the molecule is N#Cc1cc(Br)ccc1NCc1cccc(C(=O)O)n1. The van der Waals surface area contributed by atoms with E-state index in [9.17, 15) is 4.79 Å². The molecule has 0 unspecified atom stereocenters. The lowest BCUT2D eigenvalue weighted by molar-refractivity contribution is 0.0690. The smallest absolute Gasteiger partial charge is 0.354 e. The highest BCUT2D eigenvalue weighted by molar-refractivity contribution is 9.10. The number of anilines is 1. The Hall–Kier alpha value is -2.39. The number of carbonyl (C=O) groups is 1. The summed E-state index contributed by atoms with van der Waals surface area (Å²) in [7, 11) is 0. The summed E-state index contributed by atoms with van der Waals surface area (Å²) in [6.07, 6.45) is 0. The zero-order chi connectivity index (χ0) is 14.5. The van der Waals surface area contributed by atoms with Crippen LogP contribution >= 0.6 is 15.9 Å². The molecule has 0 amide bonds. The summed E-state index contributed by atoms with van der Waals surface area (Å²) in [5.41, 5.74) is 1.78. The Balaban J connectivity index is 2.15. The zero-order valence-electron chi connectivity index (χ0n) is 10.3. The maximum absolute atomic E-state index is 10.8. The summed E-state index contributed by atoms with van der Waals surface area (Å²) in [5, 5.41) is 21.0. The van der Waals surface area contributed by atoms with Crippen molar-refractivity contribution in [2.45, 2.75) is 6.54 Å². The Morgan fingerprint density at radius 1 is 1.40 bits per heavy atom. The van der Waals surface area contributed by atoms with Gasteiger partial charge in [0.25, 0.3) is 0 Å². The number of hydrogen-bond donors (Lipinski definition) is 2. The molecule has 2 aromatic rings. The van der Waals surface area contributed by atoms with Gasteiger partial charge in [-0.1, -0.05) is 22.0 Å². The summed E-state index contributed by atoms with van der Waals surface area (Å²) in [6, 6.07) is 12.2.